The Bertz CT molecular complexity index is 1060. The van der Waals surface area contributed by atoms with E-state index in [-0.39, 0.29) is 24.2 Å². The van der Waals surface area contributed by atoms with E-state index in [2.05, 4.69) is 25.7 Å². The monoisotopic (exact) mass is 435 g/mol. The number of anilines is 3. The van der Waals surface area contributed by atoms with Gasteiger partial charge in [-0.05, 0) is 37.5 Å². The lowest BCUT2D eigenvalue weighted by Gasteiger charge is -2.16. The minimum atomic E-state index is -4.60. The molecule has 1 unspecified atom stereocenters. The normalized spacial score (nSPS) is 12.7. The van der Waals surface area contributed by atoms with Crippen molar-refractivity contribution in [2.24, 2.45) is 18.7 Å². The number of halogens is 3. The minimum Gasteiger partial charge on any atom is -0.369 e. The molecule has 0 radical (unpaired) electrons. The van der Waals surface area contributed by atoms with Gasteiger partial charge in [0.25, 0.3) is 0 Å². The average molecular weight is 435 g/mol. The number of primary amides is 1. The summed E-state index contributed by atoms with van der Waals surface area (Å²) in [5.41, 5.74) is 5.83. The van der Waals surface area contributed by atoms with Crippen LogP contribution in [0.3, 0.4) is 0 Å². The summed E-state index contributed by atoms with van der Waals surface area (Å²) in [5, 5.41) is 10.8. The fourth-order valence-corrected chi connectivity index (χ4v) is 3.24. The van der Waals surface area contributed by atoms with Gasteiger partial charge in [0.15, 0.2) is 0 Å². The molecule has 0 aliphatic rings. The Hall–Kier alpha value is -3.37. The summed E-state index contributed by atoms with van der Waals surface area (Å²) in [6.07, 6.45) is -0.585. The minimum absolute atomic E-state index is 0.0283. The Morgan fingerprint density at radius 3 is 2.74 bits per heavy atom. The lowest BCUT2D eigenvalue weighted by Crippen LogP contribution is -2.23. The van der Waals surface area contributed by atoms with Crippen LogP contribution in [0.15, 0.2) is 30.6 Å². The number of fused-ring (bicyclic) bond motifs is 1. The zero-order chi connectivity index (χ0) is 22.6. The van der Waals surface area contributed by atoms with Crippen LogP contribution in [0.2, 0.25) is 0 Å². The number of hydrogen-bond donors (Lipinski definition) is 3. The molecule has 0 aliphatic carbocycles. The highest BCUT2D eigenvalue weighted by atomic mass is 19.4. The number of carbonyl (C=O) groups excluding carboxylic acids is 1. The SMILES string of the molecule is CCC(CCCNc1nc(Nc2ccc3cnn(C)c3c2)ncc1C(F)(F)F)C(N)=O. The molecule has 3 aromatic rings. The standard InChI is InChI=1S/C20H24F3N7O/c1-3-12(17(24)31)5-4-8-25-18-15(20(21,22)23)11-26-19(29-18)28-14-7-6-13-10-27-30(2)16(13)9-14/h6-7,9-12H,3-5,8H2,1-2H3,(H2,24,31)(H2,25,26,28,29). The number of alkyl halides is 3. The van der Waals surface area contributed by atoms with E-state index in [0.717, 1.165) is 17.1 Å². The summed E-state index contributed by atoms with van der Waals surface area (Å²) in [5.74, 6) is -0.995. The molecule has 0 bridgehead atoms. The summed E-state index contributed by atoms with van der Waals surface area (Å²) in [6, 6.07) is 5.43. The van der Waals surface area contributed by atoms with Crippen molar-refractivity contribution >= 4 is 34.3 Å². The number of aryl methyl sites for hydroxylation is 1. The molecule has 2 heterocycles. The van der Waals surface area contributed by atoms with Gasteiger partial charge >= 0.3 is 6.18 Å². The van der Waals surface area contributed by atoms with Gasteiger partial charge < -0.3 is 16.4 Å². The molecule has 3 rings (SSSR count). The molecule has 31 heavy (non-hydrogen) atoms. The van der Waals surface area contributed by atoms with Gasteiger partial charge in [-0.3, -0.25) is 9.48 Å². The van der Waals surface area contributed by atoms with E-state index in [1.807, 2.05) is 19.1 Å². The van der Waals surface area contributed by atoms with Crippen LogP contribution in [0, 0.1) is 5.92 Å². The second kappa shape index (κ2) is 9.19. The molecule has 0 saturated carbocycles. The van der Waals surface area contributed by atoms with Gasteiger partial charge in [0, 0.05) is 36.8 Å². The molecule has 2 aromatic heterocycles. The first kappa shape index (κ1) is 22.3. The Morgan fingerprint density at radius 2 is 2.06 bits per heavy atom. The van der Waals surface area contributed by atoms with Gasteiger partial charge in [0.2, 0.25) is 11.9 Å². The number of nitrogens with two attached hydrogens (primary N) is 1. The smallest absolute Gasteiger partial charge is 0.369 e. The molecular weight excluding hydrogens is 411 g/mol. The molecule has 0 fully saturated rings. The molecule has 11 heteroatoms. The number of nitrogens with one attached hydrogen (secondary N) is 2. The van der Waals surface area contributed by atoms with E-state index in [0.29, 0.717) is 24.9 Å². The van der Waals surface area contributed by atoms with Gasteiger partial charge in [0.1, 0.15) is 11.4 Å². The van der Waals surface area contributed by atoms with Gasteiger partial charge in [-0.2, -0.15) is 23.3 Å². The second-order valence-electron chi connectivity index (χ2n) is 7.20. The predicted molar refractivity (Wildman–Crippen MR) is 112 cm³/mol. The number of nitrogens with zero attached hydrogens (tertiary/aromatic N) is 4. The van der Waals surface area contributed by atoms with Crippen molar-refractivity contribution in [1.29, 1.82) is 0 Å². The number of amides is 1. The third kappa shape index (κ3) is 5.41. The molecule has 1 amide bonds. The summed E-state index contributed by atoms with van der Waals surface area (Å²) in [7, 11) is 1.80. The summed E-state index contributed by atoms with van der Waals surface area (Å²) in [4.78, 5) is 19.2. The molecule has 166 valence electrons. The van der Waals surface area contributed by atoms with Crippen LogP contribution in [0.25, 0.3) is 10.9 Å². The molecule has 8 nitrogen and oxygen atoms in total. The molecule has 0 aliphatic heterocycles. The van der Waals surface area contributed by atoms with Crippen LogP contribution in [0.1, 0.15) is 31.7 Å². The number of hydrogen-bond acceptors (Lipinski definition) is 6. The van der Waals surface area contributed by atoms with Crippen molar-refractivity contribution < 1.29 is 18.0 Å². The number of aromatic nitrogens is 4. The lowest BCUT2D eigenvalue weighted by molar-refractivity contribution is -0.137. The first-order valence-electron chi connectivity index (χ1n) is 9.85. The zero-order valence-corrected chi connectivity index (χ0v) is 17.2. The summed E-state index contributed by atoms with van der Waals surface area (Å²) in [6.45, 7) is 2.06. The largest absolute Gasteiger partial charge is 0.421 e. The van der Waals surface area contributed by atoms with Crippen molar-refractivity contribution in [3.05, 3.63) is 36.2 Å². The van der Waals surface area contributed by atoms with E-state index in [4.69, 9.17) is 5.73 Å². The predicted octanol–water partition coefficient (Wildman–Crippen LogP) is 3.83. The maximum Gasteiger partial charge on any atom is 0.421 e. The zero-order valence-electron chi connectivity index (χ0n) is 17.2. The third-order valence-corrected chi connectivity index (χ3v) is 5.02. The highest BCUT2D eigenvalue weighted by molar-refractivity contribution is 5.83. The van der Waals surface area contributed by atoms with E-state index >= 15 is 0 Å². The van der Waals surface area contributed by atoms with Gasteiger partial charge in [-0.15, -0.1) is 0 Å². The van der Waals surface area contributed by atoms with E-state index in [1.165, 1.54) is 0 Å². The maximum absolute atomic E-state index is 13.4. The van der Waals surface area contributed by atoms with Crippen molar-refractivity contribution in [2.75, 3.05) is 17.2 Å². The molecule has 1 atom stereocenters. The van der Waals surface area contributed by atoms with Crippen molar-refractivity contribution in [1.82, 2.24) is 19.7 Å². The second-order valence-corrected chi connectivity index (χ2v) is 7.20. The van der Waals surface area contributed by atoms with Gasteiger partial charge in [0.05, 0.1) is 11.7 Å². The van der Waals surface area contributed by atoms with Crippen LogP contribution in [0.5, 0.6) is 0 Å². The van der Waals surface area contributed by atoms with Crippen molar-refractivity contribution in [3.63, 3.8) is 0 Å². The summed E-state index contributed by atoms with van der Waals surface area (Å²) < 4.78 is 41.8. The molecule has 0 spiro atoms. The quantitative estimate of drug-likeness (QED) is 0.441. The summed E-state index contributed by atoms with van der Waals surface area (Å²) >= 11 is 0. The Kier molecular flexibility index (Phi) is 6.62. The third-order valence-electron chi connectivity index (χ3n) is 5.02. The highest BCUT2D eigenvalue weighted by Gasteiger charge is 2.35. The molecule has 4 N–H and O–H groups in total. The molecular formula is C20H24F3N7O. The Labute approximate surface area is 177 Å². The van der Waals surface area contributed by atoms with Crippen LogP contribution < -0.4 is 16.4 Å². The van der Waals surface area contributed by atoms with E-state index < -0.39 is 17.6 Å². The van der Waals surface area contributed by atoms with Crippen LogP contribution in [0.4, 0.5) is 30.6 Å². The van der Waals surface area contributed by atoms with Gasteiger partial charge in [-0.25, -0.2) is 4.98 Å². The highest BCUT2D eigenvalue weighted by Crippen LogP contribution is 2.34. The van der Waals surface area contributed by atoms with E-state index in [9.17, 15) is 18.0 Å². The van der Waals surface area contributed by atoms with E-state index in [1.54, 1.807) is 24.0 Å². The maximum atomic E-state index is 13.4. The first-order valence-corrected chi connectivity index (χ1v) is 9.85. The first-order chi connectivity index (χ1) is 14.7. The Balaban J connectivity index is 1.76. The lowest BCUT2D eigenvalue weighted by atomic mass is 10.00. The van der Waals surface area contributed by atoms with Gasteiger partial charge in [-0.1, -0.05) is 6.92 Å². The van der Waals surface area contributed by atoms with Crippen LogP contribution >= 0.6 is 0 Å². The number of benzene rings is 1. The molecule has 0 saturated heterocycles. The van der Waals surface area contributed by atoms with Crippen molar-refractivity contribution in [3.8, 4) is 0 Å². The fraction of sp³-hybridized carbons (Fsp3) is 0.400. The van der Waals surface area contributed by atoms with Crippen molar-refractivity contribution in [2.45, 2.75) is 32.4 Å². The number of rotatable bonds is 9. The Morgan fingerprint density at radius 1 is 1.29 bits per heavy atom. The van der Waals surface area contributed by atoms with Crippen LogP contribution in [-0.4, -0.2) is 32.2 Å². The fourth-order valence-electron chi connectivity index (χ4n) is 3.24. The topological polar surface area (TPSA) is 111 Å². The van der Waals surface area contributed by atoms with Crippen LogP contribution in [-0.2, 0) is 18.0 Å². The average Bonchev–Trinajstić information content (AvgIpc) is 3.07. The molecule has 1 aromatic carbocycles. The number of carbonyl (C=O) groups is 1.